The van der Waals surface area contributed by atoms with E-state index in [1.165, 1.54) is 4.90 Å². The van der Waals surface area contributed by atoms with Crippen molar-refractivity contribution in [1.29, 1.82) is 0 Å². The summed E-state index contributed by atoms with van der Waals surface area (Å²) >= 11 is 0. The molecule has 1 aromatic rings. The second-order valence-corrected chi connectivity index (χ2v) is 4.32. The van der Waals surface area contributed by atoms with Crippen LogP contribution in [0.5, 0.6) is 0 Å². The Morgan fingerprint density at radius 1 is 1.37 bits per heavy atom. The lowest BCUT2D eigenvalue weighted by atomic mass is 10.3. The molecule has 1 saturated heterocycles. The summed E-state index contributed by atoms with van der Waals surface area (Å²) < 4.78 is 0. The zero-order valence-electron chi connectivity index (χ0n) is 10.6. The van der Waals surface area contributed by atoms with Crippen LogP contribution < -0.4 is 21.5 Å². The van der Waals surface area contributed by atoms with Crippen molar-refractivity contribution in [2.45, 2.75) is 0 Å². The topological polar surface area (TPSA) is 114 Å². The van der Waals surface area contributed by atoms with Crippen molar-refractivity contribution < 1.29 is 4.79 Å². The van der Waals surface area contributed by atoms with Gasteiger partial charge in [-0.3, -0.25) is 14.6 Å². The minimum Gasteiger partial charge on any atom is -0.344 e. The van der Waals surface area contributed by atoms with Gasteiger partial charge in [0.1, 0.15) is 0 Å². The maximum Gasteiger partial charge on any atom is 0.342 e. The van der Waals surface area contributed by atoms with Crippen molar-refractivity contribution in [3.63, 3.8) is 0 Å². The highest BCUT2D eigenvalue weighted by Gasteiger charge is 2.19. The van der Waals surface area contributed by atoms with Gasteiger partial charge in [-0.05, 0) is 0 Å². The molecule has 0 saturated carbocycles. The zero-order valence-corrected chi connectivity index (χ0v) is 10.6. The number of likely N-dealkylation sites (N-methyl/N-ethyl adjacent to an activating group) is 1. The second-order valence-electron chi connectivity index (χ2n) is 4.32. The number of nitrogens with zero attached hydrogens (tertiary/aromatic N) is 3. The van der Waals surface area contributed by atoms with Gasteiger partial charge in [-0.15, -0.1) is 5.10 Å². The molecule has 0 aromatic carbocycles. The molecule has 104 valence electrons. The summed E-state index contributed by atoms with van der Waals surface area (Å²) in [5, 5.41) is 8.93. The number of aromatic nitrogens is 3. The fourth-order valence-electron chi connectivity index (χ4n) is 1.89. The fourth-order valence-corrected chi connectivity index (χ4v) is 1.89. The monoisotopic (exact) mass is 268 g/mol. The highest BCUT2D eigenvalue weighted by molar-refractivity contribution is 5.81. The summed E-state index contributed by atoms with van der Waals surface area (Å²) in [6.45, 7) is 2.90. The van der Waals surface area contributed by atoms with Gasteiger partial charge in [0.2, 0.25) is 11.7 Å². The van der Waals surface area contributed by atoms with Gasteiger partial charge in [-0.1, -0.05) is 0 Å². The number of hydrogen-bond donors (Lipinski definition) is 3. The summed E-state index contributed by atoms with van der Waals surface area (Å²) in [6, 6.07) is 0. The van der Waals surface area contributed by atoms with E-state index in [9.17, 15) is 14.4 Å². The number of H-pyrrole nitrogens is 2. The highest BCUT2D eigenvalue weighted by Crippen LogP contribution is 2.00. The van der Waals surface area contributed by atoms with Gasteiger partial charge >= 0.3 is 5.69 Å². The third-order valence-electron chi connectivity index (χ3n) is 2.90. The maximum absolute atomic E-state index is 12.0. The van der Waals surface area contributed by atoms with Crippen LogP contribution in [0.25, 0.3) is 0 Å². The van der Waals surface area contributed by atoms with Crippen molar-refractivity contribution in [2.75, 3.05) is 44.7 Å². The van der Waals surface area contributed by atoms with Gasteiger partial charge in [0.15, 0.2) is 0 Å². The normalized spacial score (nSPS) is 15.3. The molecule has 0 bridgehead atoms. The first kappa shape index (κ1) is 13.3. The number of nitrogens with one attached hydrogen (secondary N) is 3. The van der Waals surface area contributed by atoms with Gasteiger partial charge in [-0.25, -0.2) is 9.89 Å². The number of carbonyl (C=O) groups excluding carboxylic acids is 1. The van der Waals surface area contributed by atoms with Crippen LogP contribution in [0.1, 0.15) is 0 Å². The highest BCUT2D eigenvalue weighted by atomic mass is 16.2. The minimum atomic E-state index is -0.671. The van der Waals surface area contributed by atoms with E-state index < -0.39 is 11.2 Å². The summed E-state index contributed by atoms with van der Waals surface area (Å²) in [6.07, 6.45) is 0. The molecule has 3 N–H and O–H groups in total. The Labute approximate surface area is 108 Å². The molecule has 1 fully saturated rings. The van der Waals surface area contributed by atoms with E-state index in [-0.39, 0.29) is 18.3 Å². The summed E-state index contributed by atoms with van der Waals surface area (Å²) in [7, 11) is 1.58. The Bertz CT molecular complexity index is 559. The van der Waals surface area contributed by atoms with E-state index in [4.69, 9.17) is 0 Å². The van der Waals surface area contributed by atoms with Gasteiger partial charge < -0.3 is 15.1 Å². The molecule has 9 nitrogen and oxygen atoms in total. The van der Waals surface area contributed by atoms with Crippen LogP contribution in [0.15, 0.2) is 9.59 Å². The molecular weight excluding hydrogens is 252 g/mol. The van der Waals surface area contributed by atoms with Crippen LogP contribution in [0.4, 0.5) is 5.82 Å². The van der Waals surface area contributed by atoms with E-state index in [1.807, 2.05) is 0 Å². The zero-order chi connectivity index (χ0) is 13.8. The van der Waals surface area contributed by atoms with E-state index in [0.29, 0.717) is 13.1 Å². The van der Waals surface area contributed by atoms with E-state index in [0.717, 1.165) is 13.1 Å². The van der Waals surface area contributed by atoms with E-state index in [2.05, 4.69) is 20.5 Å². The molecule has 1 aliphatic rings. The minimum absolute atomic E-state index is 0.0167. The van der Waals surface area contributed by atoms with Crippen molar-refractivity contribution in [2.24, 2.45) is 0 Å². The molecule has 0 atom stereocenters. The van der Waals surface area contributed by atoms with Crippen molar-refractivity contribution in [3.8, 4) is 0 Å². The predicted molar refractivity (Wildman–Crippen MR) is 68.2 cm³/mol. The van der Waals surface area contributed by atoms with Crippen LogP contribution >= 0.6 is 0 Å². The first-order valence-corrected chi connectivity index (χ1v) is 5.96. The molecule has 9 heteroatoms. The Hall–Kier alpha value is -2.16. The molecule has 2 heterocycles. The SMILES string of the molecule is CN(CC(=O)N1CCNCC1)c1n[nH]c(=O)[nH]c1=O. The lowest BCUT2D eigenvalue weighted by Crippen LogP contribution is -2.49. The molecule has 0 aliphatic carbocycles. The molecule has 0 unspecified atom stereocenters. The fraction of sp³-hybridized carbons (Fsp3) is 0.600. The smallest absolute Gasteiger partial charge is 0.342 e. The molecular formula is C10H16N6O3. The van der Waals surface area contributed by atoms with Crippen LogP contribution in [0.3, 0.4) is 0 Å². The van der Waals surface area contributed by atoms with Crippen LogP contribution in [-0.4, -0.2) is 65.8 Å². The number of piperazine rings is 1. The second kappa shape index (κ2) is 5.65. The van der Waals surface area contributed by atoms with Crippen LogP contribution in [0.2, 0.25) is 0 Å². The predicted octanol–water partition coefficient (Wildman–Crippen LogP) is -2.67. The molecule has 0 radical (unpaired) electrons. The van der Waals surface area contributed by atoms with Gasteiger partial charge in [0.05, 0.1) is 6.54 Å². The molecule has 2 rings (SSSR count). The van der Waals surface area contributed by atoms with Crippen molar-refractivity contribution in [1.82, 2.24) is 25.4 Å². The first-order chi connectivity index (χ1) is 9.08. The average molecular weight is 268 g/mol. The van der Waals surface area contributed by atoms with Crippen LogP contribution in [-0.2, 0) is 4.79 Å². The third-order valence-corrected chi connectivity index (χ3v) is 2.90. The summed E-state index contributed by atoms with van der Waals surface area (Å²) in [4.78, 5) is 39.6. The molecule has 19 heavy (non-hydrogen) atoms. The van der Waals surface area contributed by atoms with Gasteiger partial charge in [0.25, 0.3) is 5.56 Å². The van der Waals surface area contributed by atoms with Crippen molar-refractivity contribution >= 4 is 11.7 Å². The number of rotatable bonds is 3. The quantitative estimate of drug-likeness (QED) is 0.551. The lowest BCUT2D eigenvalue weighted by molar-refractivity contribution is -0.130. The number of amides is 1. The van der Waals surface area contributed by atoms with Crippen LogP contribution in [0, 0.1) is 0 Å². The Balaban J connectivity index is 2.03. The first-order valence-electron chi connectivity index (χ1n) is 5.96. The van der Waals surface area contributed by atoms with Crippen molar-refractivity contribution in [3.05, 3.63) is 20.8 Å². The van der Waals surface area contributed by atoms with E-state index >= 15 is 0 Å². The average Bonchev–Trinajstić information content (AvgIpc) is 2.39. The van der Waals surface area contributed by atoms with Gasteiger partial charge in [-0.2, -0.15) is 0 Å². The summed E-state index contributed by atoms with van der Waals surface area (Å²) in [5.41, 5.74) is -1.28. The number of anilines is 1. The van der Waals surface area contributed by atoms with E-state index in [1.54, 1.807) is 11.9 Å². The largest absolute Gasteiger partial charge is 0.344 e. The molecule has 0 spiro atoms. The summed E-state index contributed by atoms with van der Waals surface area (Å²) in [5.74, 6) is -0.0560. The number of hydrogen-bond acceptors (Lipinski definition) is 6. The lowest BCUT2D eigenvalue weighted by Gasteiger charge is -2.29. The molecule has 1 aliphatic heterocycles. The number of carbonyl (C=O) groups is 1. The Kier molecular flexibility index (Phi) is 3.95. The maximum atomic E-state index is 12.0. The third kappa shape index (κ3) is 3.19. The standard InChI is InChI=1S/C10H16N6O3/c1-15(8-9(18)12-10(19)14-13-8)6-7(17)16-4-2-11-3-5-16/h11H,2-6H2,1H3,(H2,12,14,18,19). The van der Waals surface area contributed by atoms with Gasteiger partial charge in [0, 0.05) is 33.2 Å². The Morgan fingerprint density at radius 2 is 2.05 bits per heavy atom. The molecule has 1 aromatic heterocycles. The number of aromatic amines is 2. The molecule has 1 amide bonds. The Morgan fingerprint density at radius 3 is 2.68 bits per heavy atom.